The zero-order valence-corrected chi connectivity index (χ0v) is 23.2. The molecule has 0 fully saturated rings. The number of carbonyl (C=O) groups is 5. The molecule has 0 spiro atoms. The maximum absolute atomic E-state index is 13.4. The largest absolute Gasteiger partial charge is 0.480 e. The number of aliphatic carboxylic acids is 1. The average Bonchev–Trinajstić information content (AvgIpc) is 3.27. The highest BCUT2D eigenvalue weighted by Gasteiger charge is 2.31. The Hall–Kier alpha value is -3.58. The van der Waals surface area contributed by atoms with Crippen LogP contribution in [-0.4, -0.2) is 75.9 Å². The fraction of sp³-hybridized carbons (Fsp3) is 0.500. The highest BCUT2D eigenvalue weighted by Crippen LogP contribution is 2.19. The Kier molecular flexibility index (Phi) is 12.3. The molecule has 4 atom stereocenters. The molecule has 1 heterocycles. The number of carboxylic acids is 1. The van der Waals surface area contributed by atoms with Gasteiger partial charge in [0.25, 0.3) is 0 Å². The van der Waals surface area contributed by atoms with Gasteiger partial charge in [0.2, 0.25) is 23.6 Å². The second-order valence-corrected chi connectivity index (χ2v) is 10.8. The zero-order chi connectivity index (χ0) is 29.1. The van der Waals surface area contributed by atoms with Gasteiger partial charge in [-0.25, -0.2) is 4.79 Å². The summed E-state index contributed by atoms with van der Waals surface area (Å²) in [4.78, 5) is 65.4. The van der Waals surface area contributed by atoms with E-state index in [0.717, 1.165) is 10.9 Å². The van der Waals surface area contributed by atoms with E-state index in [1.165, 1.54) is 11.8 Å². The normalized spacial score (nSPS) is 14.3. The van der Waals surface area contributed by atoms with E-state index < -0.39 is 60.2 Å². The number of H-pyrrole nitrogens is 1. The van der Waals surface area contributed by atoms with E-state index in [4.69, 9.17) is 11.5 Å². The molecule has 0 saturated heterocycles. The summed E-state index contributed by atoms with van der Waals surface area (Å²) in [7, 11) is 0. The van der Waals surface area contributed by atoms with Crippen LogP contribution in [0.3, 0.4) is 0 Å². The lowest BCUT2D eigenvalue weighted by Gasteiger charge is -2.25. The Morgan fingerprint density at radius 3 is 2.21 bits per heavy atom. The van der Waals surface area contributed by atoms with Crippen molar-refractivity contribution in [2.24, 2.45) is 17.4 Å². The molecule has 39 heavy (non-hydrogen) atoms. The predicted molar refractivity (Wildman–Crippen MR) is 150 cm³/mol. The van der Waals surface area contributed by atoms with Gasteiger partial charge >= 0.3 is 5.97 Å². The number of benzene rings is 1. The number of hydrogen-bond donors (Lipinski definition) is 7. The molecule has 4 unspecified atom stereocenters. The van der Waals surface area contributed by atoms with Crippen molar-refractivity contribution in [3.63, 3.8) is 0 Å². The van der Waals surface area contributed by atoms with Gasteiger partial charge in [-0.15, -0.1) is 0 Å². The number of fused-ring (bicyclic) bond motifs is 1. The van der Waals surface area contributed by atoms with E-state index in [9.17, 15) is 29.1 Å². The minimum atomic E-state index is -1.57. The third-order valence-corrected chi connectivity index (χ3v) is 6.70. The maximum Gasteiger partial charge on any atom is 0.326 e. The molecule has 0 saturated carbocycles. The first-order valence-electron chi connectivity index (χ1n) is 12.6. The Morgan fingerprint density at radius 2 is 1.59 bits per heavy atom. The number of nitrogens with two attached hydrogens (primary N) is 2. The molecular weight excluding hydrogens is 524 g/mol. The molecule has 1 aromatic heterocycles. The summed E-state index contributed by atoms with van der Waals surface area (Å²) in [5, 5.41) is 17.9. The van der Waals surface area contributed by atoms with Crippen LogP contribution < -0.4 is 27.4 Å². The molecule has 2 rings (SSSR count). The van der Waals surface area contributed by atoms with Crippen LogP contribution in [0.1, 0.15) is 38.7 Å². The number of hydrogen-bond acceptors (Lipinski definition) is 7. The number of primary amides is 1. The van der Waals surface area contributed by atoms with Crippen LogP contribution in [0, 0.1) is 5.92 Å². The molecule has 4 amide bonds. The minimum absolute atomic E-state index is 0.0144. The Balaban J connectivity index is 2.31. The molecule has 0 bridgehead atoms. The number of carbonyl (C=O) groups excluding carboxylic acids is 4. The topological polar surface area (TPSA) is 209 Å². The number of para-hydroxylation sites is 1. The van der Waals surface area contributed by atoms with Gasteiger partial charge in [0, 0.05) is 23.5 Å². The van der Waals surface area contributed by atoms with Crippen LogP contribution in [0.2, 0.25) is 0 Å². The van der Waals surface area contributed by atoms with Gasteiger partial charge in [0.05, 0.1) is 12.5 Å². The smallest absolute Gasteiger partial charge is 0.326 e. The number of nitrogens with one attached hydrogen (secondary N) is 4. The predicted octanol–water partition coefficient (Wildman–Crippen LogP) is 0.251. The summed E-state index contributed by atoms with van der Waals surface area (Å²) in [6, 6.07) is 2.82. The van der Waals surface area contributed by atoms with Crippen molar-refractivity contribution in [3.8, 4) is 0 Å². The quantitative estimate of drug-likeness (QED) is 0.150. The molecule has 13 heteroatoms. The van der Waals surface area contributed by atoms with Gasteiger partial charge in [0.15, 0.2) is 0 Å². The van der Waals surface area contributed by atoms with E-state index in [-0.39, 0.29) is 18.8 Å². The molecule has 2 aromatic rings. The fourth-order valence-electron chi connectivity index (χ4n) is 4.07. The molecule has 214 valence electrons. The third kappa shape index (κ3) is 9.91. The van der Waals surface area contributed by atoms with Crippen LogP contribution in [0.5, 0.6) is 0 Å². The van der Waals surface area contributed by atoms with Gasteiger partial charge in [-0.3, -0.25) is 19.2 Å². The maximum atomic E-state index is 13.4. The second-order valence-electron chi connectivity index (χ2n) is 9.77. The van der Waals surface area contributed by atoms with Gasteiger partial charge in [-0.05, 0) is 42.4 Å². The molecular formula is C26H38N6O6S. The summed E-state index contributed by atoms with van der Waals surface area (Å²) in [6.45, 7) is 3.86. The molecule has 0 aliphatic rings. The number of rotatable bonds is 16. The monoisotopic (exact) mass is 562 g/mol. The van der Waals surface area contributed by atoms with Crippen molar-refractivity contribution < 1.29 is 29.1 Å². The van der Waals surface area contributed by atoms with Crippen LogP contribution >= 0.6 is 11.8 Å². The van der Waals surface area contributed by atoms with Crippen LogP contribution in [0.15, 0.2) is 30.5 Å². The first kappa shape index (κ1) is 31.6. The summed E-state index contributed by atoms with van der Waals surface area (Å²) >= 11 is 1.49. The van der Waals surface area contributed by atoms with Crippen molar-refractivity contribution in [3.05, 3.63) is 36.0 Å². The third-order valence-electron chi connectivity index (χ3n) is 6.06. The highest BCUT2D eigenvalue weighted by atomic mass is 32.2. The molecule has 0 aliphatic carbocycles. The van der Waals surface area contributed by atoms with Crippen LogP contribution in [0.25, 0.3) is 10.9 Å². The summed E-state index contributed by atoms with van der Waals surface area (Å²) in [5.41, 5.74) is 12.7. The minimum Gasteiger partial charge on any atom is -0.480 e. The van der Waals surface area contributed by atoms with Crippen molar-refractivity contribution in [2.75, 3.05) is 12.0 Å². The standard InChI is InChI=1S/C26H38N6O6S/c1-14(2)10-17(27)23(34)30-19(8-9-39-3)24(35)31-20(25(36)32-21(26(37)38)12-22(28)33)11-15-13-29-18-7-5-4-6-16(15)18/h4-7,13-14,17,19-21,29H,8-12,27H2,1-3H3,(H2,28,33)(H,30,34)(H,31,35)(H,32,36)(H,37,38). The number of aromatic nitrogens is 1. The van der Waals surface area contributed by atoms with E-state index >= 15 is 0 Å². The van der Waals surface area contributed by atoms with E-state index in [1.807, 2.05) is 44.4 Å². The average molecular weight is 563 g/mol. The van der Waals surface area contributed by atoms with Gasteiger partial charge < -0.3 is 37.5 Å². The van der Waals surface area contributed by atoms with Crippen molar-refractivity contribution >= 4 is 52.3 Å². The first-order chi connectivity index (χ1) is 18.4. The molecule has 9 N–H and O–H groups in total. The SMILES string of the molecule is CSCCC(NC(=O)C(N)CC(C)C)C(=O)NC(Cc1c[nH]c2ccccc12)C(=O)NC(CC(N)=O)C(=O)O. The molecule has 0 radical (unpaired) electrons. The molecule has 12 nitrogen and oxygen atoms in total. The van der Waals surface area contributed by atoms with Gasteiger partial charge in [0.1, 0.15) is 18.1 Å². The van der Waals surface area contributed by atoms with E-state index in [2.05, 4.69) is 20.9 Å². The summed E-state index contributed by atoms with van der Waals surface area (Å²) < 4.78 is 0. The Labute approximate surface area is 231 Å². The van der Waals surface area contributed by atoms with Gasteiger partial charge in [-0.2, -0.15) is 11.8 Å². The highest BCUT2D eigenvalue weighted by molar-refractivity contribution is 7.98. The van der Waals surface area contributed by atoms with Gasteiger partial charge in [-0.1, -0.05) is 32.0 Å². The first-order valence-corrected chi connectivity index (χ1v) is 14.0. The lowest BCUT2D eigenvalue weighted by molar-refractivity contribution is -0.143. The lowest BCUT2D eigenvalue weighted by Crippen LogP contribution is -2.58. The lowest BCUT2D eigenvalue weighted by atomic mass is 10.0. The van der Waals surface area contributed by atoms with Crippen molar-refractivity contribution in [1.82, 2.24) is 20.9 Å². The number of aromatic amines is 1. The Morgan fingerprint density at radius 1 is 0.974 bits per heavy atom. The van der Waals surface area contributed by atoms with E-state index in [1.54, 1.807) is 6.20 Å². The molecule has 0 aliphatic heterocycles. The van der Waals surface area contributed by atoms with Crippen LogP contribution in [0.4, 0.5) is 0 Å². The number of carboxylic acid groups (broad SMARTS) is 1. The molecule has 1 aromatic carbocycles. The van der Waals surface area contributed by atoms with E-state index in [0.29, 0.717) is 17.7 Å². The number of thioether (sulfide) groups is 1. The fourth-order valence-corrected chi connectivity index (χ4v) is 4.55. The number of amides is 4. The summed E-state index contributed by atoms with van der Waals surface area (Å²) in [6.07, 6.45) is 3.68. The zero-order valence-electron chi connectivity index (χ0n) is 22.4. The van der Waals surface area contributed by atoms with Crippen LogP contribution in [-0.2, 0) is 30.4 Å². The summed E-state index contributed by atoms with van der Waals surface area (Å²) in [5.74, 6) is -3.52. The second kappa shape index (κ2) is 15.1. The van der Waals surface area contributed by atoms with Crippen molar-refractivity contribution in [2.45, 2.75) is 63.7 Å². The van der Waals surface area contributed by atoms with Crippen molar-refractivity contribution in [1.29, 1.82) is 0 Å². The Bertz CT molecular complexity index is 1170.